The standard InChI is InChI=1S/C12H10O5/c1-15-11(14)12(9-5-3-2-4-6-9)16-8-7-10(13)17-12/h2-8H,1H3/t12-/m0/s1. The number of carbonyl (C=O) groups is 2. The Morgan fingerprint density at radius 3 is 2.59 bits per heavy atom. The molecule has 17 heavy (non-hydrogen) atoms. The summed E-state index contributed by atoms with van der Waals surface area (Å²) in [4.78, 5) is 23.1. The largest absolute Gasteiger partial charge is 0.463 e. The van der Waals surface area contributed by atoms with Crippen molar-refractivity contribution in [2.75, 3.05) is 7.11 Å². The van der Waals surface area contributed by atoms with Crippen molar-refractivity contribution in [2.24, 2.45) is 0 Å². The van der Waals surface area contributed by atoms with E-state index in [0.29, 0.717) is 5.56 Å². The smallest absolute Gasteiger partial charge is 0.398 e. The molecule has 1 aliphatic rings. The summed E-state index contributed by atoms with van der Waals surface area (Å²) in [5.41, 5.74) is 0.393. The van der Waals surface area contributed by atoms with E-state index >= 15 is 0 Å². The number of hydrogen-bond acceptors (Lipinski definition) is 5. The van der Waals surface area contributed by atoms with Crippen molar-refractivity contribution in [1.29, 1.82) is 0 Å². The highest BCUT2D eigenvalue weighted by atomic mass is 16.7. The van der Waals surface area contributed by atoms with E-state index in [0.717, 1.165) is 12.3 Å². The number of benzene rings is 1. The minimum Gasteiger partial charge on any atom is -0.463 e. The lowest BCUT2D eigenvalue weighted by Gasteiger charge is -2.31. The van der Waals surface area contributed by atoms with Gasteiger partial charge in [-0.25, -0.2) is 9.59 Å². The molecule has 0 N–H and O–H groups in total. The van der Waals surface area contributed by atoms with E-state index in [2.05, 4.69) is 4.74 Å². The van der Waals surface area contributed by atoms with E-state index in [1.807, 2.05) is 0 Å². The number of rotatable bonds is 2. The van der Waals surface area contributed by atoms with Gasteiger partial charge >= 0.3 is 17.7 Å². The summed E-state index contributed by atoms with van der Waals surface area (Å²) in [6, 6.07) is 8.41. The molecule has 0 fully saturated rings. The number of hydrogen-bond donors (Lipinski definition) is 0. The summed E-state index contributed by atoms with van der Waals surface area (Å²) < 4.78 is 14.8. The minimum absolute atomic E-state index is 0.393. The first-order valence-corrected chi connectivity index (χ1v) is 4.90. The van der Waals surface area contributed by atoms with Crippen LogP contribution in [0.4, 0.5) is 0 Å². The summed E-state index contributed by atoms with van der Waals surface area (Å²) in [5, 5.41) is 0. The molecule has 0 bridgehead atoms. The molecule has 0 saturated heterocycles. The SMILES string of the molecule is COC(=O)[C@@]1(c2ccccc2)OC=CC(=O)O1. The predicted molar refractivity (Wildman–Crippen MR) is 56.5 cm³/mol. The average molecular weight is 234 g/mol. The zero-order chi connectivity index (χ0) is 12.3. The van der Waals surface area contributed by atoms with Gasteiger partial charge in [0.1, 0.15) is 0 Å². The topological polar surface area (TPSA) is 61.8 Å². The number of methoxy groups -OCH3 is 1. The molecular formula is C12H10O5. The Morgan fingerprint density at radius 2 is 2.00 bits per heavy atom. The molecule has 0 aromatic heterocycles. The van der Waals surface area contributed by atoms with Crippen molar-refractivity contribution in [1.82, 2.24) is 0 Å². The van der Waals surface area contributed by atoms with Crippen LogP contribution < -0.4 is 0 Å². The maximum Gasteiger partial charge on any atom is 0.398 e. The van der Waals surface area contributed by atoms with Crippen molar-refractivity contribution < 1.29 is 23.8 Å². The summed E-state index contributed by atoms with van der Waals surface area (Å²) >= 11 is 0. The van der Waals surface area contributed by atoms with E-state index in [-0.39, 0.29) is 0 Å². The van der Waals surface area contributed by atoms with Crippen LogP contribution in [0.5, 0.6) is 0 Å². The molecule has 2 rings (SSSR count). The molecule has 1 aromatic carbocycles. The van der Waals surface area contributed by atoms with Crippen molar-refractivity contribution in [3.05, 3.63) is 48.2 Å². The van der Waals surface area contributed by atoms with Crippen LogP contribution in [-0.2, 0) is 29.6 Å². The van der Waals surface area contributed by atoms with Gasteiger partial charge in [-0.05, 0) is 0 Å². The molecule has 0 spiro atoms. The second-order valence-electron chi connectivity index (χ2n) is 3.32. The highest BCUT2D eigenvalue weighted by Gasteiger charge is 2.49. The van der Waals surface area contributed by atoms with Gasteiger partial charge in [-0.1, -0.05) is 30.3 Å². The third-order valence-electron chi connectivity index (χ3n) is 2.29. The van der Waals surface area contributed by atoms with E-state index in [9.17, 15) is 9.59 Å². The van der Waals surface area contributed by atoms with Gasteiger partial charge in [-0.15, -0.1) is 0 Å². The fourth-order valence-corrected chi connectivity index (χ4v) is 1.51. The second-order valence-corrected chi connectivity index (χ2v) is 3.32. The van der Waals surface area contributed by atoms with Gasteiger partial charge in [0.2, 0.25) is 0 Å². The van der Waals surface area contributed by atoms with E-state index < -0.39 is 17.7 Å². The zero-order valence-corrected chi connectivity index (χ0v) is 9.08. The molecular weight excluding hydrogens is 224 g/mol. The van der Waals surface area contributed by atoms with Crippen LogP contribution in [0, 0.1) is 0 Å². The quantitative estimate of drug-likeness (QED) is 0.717. The highest BCUT2D eigenvalue weighted by molar-refractivity contribution is 5.88. The molecule has 1 atom stereocenters. The maximum atomic E-state index is 11.8. The van der Waals surface area contributed by atoms with Gasteiger partial charge in [0.15, 0.2) is 0 Å². The third kappa shape index (κ3) is 1.87. The fourth-order valence-electron chi connectivity index (χ4n) is 1.51. The lowest BCUT2D eigenvalue weighted by molar-refractivity contribution is -0.234. The molecule has 0 saturated carbocycles. The van der Waals surface area contributed by atoms with Crippen LogP contribution in [0.2, 0.25) is 0 Å². The minimum atomic E-state index is -1.85. The van der Waals surface area contributed by atoms with Crippen LogP contribution in [0.1, 0.15) is 5.56 Å². The number of cyclic esters (lactones) is 1. The van der Waals surface area contributed by atoms with Crippen LogP contribution in [0.15, 0.2) is 42.7 Å². The monoisotopic (exact) mass is 234 g/mol. The van der Waals surface area contributed by atoms with Crippen LogP contribution >= 0.6 is 0 Å². The summed E-state index contributed by atoms with van der Waals surface area (Å²) in [7, 11) is 1.20. The first-order chi connectivity index (χ1) is 8.19. The molecule has 5 heteroatoms. The van der Waals surface area contributed by atoms with Gasteiger partial charge in [-0.2, -0.15) is 0 Å². The lowest BCUT2D eigenvalue weighted by Crippen LogP contribution is -2.44. The van der Waals surface area contributed by atoms with Gasteiger partial charge in [0, 0.05) is 5.56 Å². The molecule has 1 aliphatic heterocycles. The van der Waals surface area contributed by atoms with Crippen LogP contribution in [0.25, 0.3) is 0 Å². The molecule has 5 nitrogen and oxygen atoms in total. The Kier molecular flexibility index (Phi) is 2.82. The molecule has 0 aliphatic carbocycles. The van der Waals surface area contributed by atoms with Crippen LogP contribution in [-0.4, -0.2) is 19.0 Å². The first-order valence-electron chi connectivity index (χ1n) is 4.90. The maximum absolute atomic E-state index is 11.8. The summed E-state index contributed by atoms with van der Waals surface area (Å²) in [5.74, 6) is -3.30. The number of carbonyl (C=O) groups excluding carboxylic acids is 2. The predicted octanol–water partition coefficient (Wildman–Crippen LogP) is 1.10. The number of ether oxygens (including phenoxy) is 3. The molecule has 0 unspecified atom stereocenters. The van der Waals surface area contributed by atoms with E-state index in [1.54, 1.807) is 30.3 Å². The fraction of sp³-hybridized carbons (Fsp3) is 0.167. The Labute approximate surface area is 97.6 Å². The first kappa shape index (κ1) is 11.2. The summed E-state index contributed by atoms with van der Waals surface area (Å²) in [6.07, 6.45) is 2.21. The summed E-state index contributed by atoms with van der Waals surface area (Å²) in [6.45, 7) is 0. The molecule has 88 valence electrons. The second kappa shape index (κ2) is 4.29. The van der Waals surface area contributed by atoms with Gasteiger partial charge in [0.05, 0.1) is 19.4 Å². The molecule has 0 radical (unpaired) electrons. The van der Waals surface area contributed by atoms with Crippen molar-refractivity contribution in [3.63, 3.8) is 0 Å². The normalized spacial score (nSPS) is 22.5. The Hall–Kier alpha value is -2.30. The Morgan fingerprint density at radius 1 is 1.29 bits per heavy atom. The van der Waals surface area contributed by atoms with Gasteiger partial charge < -0.3 is 14.2 Å². The zero-order valence-electron chi connectivity index (χ0n) is 9.08. The van der Waals surface area contributed by atoms with E-state index in [1.165, 1.54) is 7.11 Å². The average Bonchev–Trinajstić information content (AvgIpc) is 2.38. The Balaban J connectivity index is 2.48. The van der Waals surface area contributed by atoms with Gasteiger partial charge in [-0.3, -0.25) is 0 Å². The Bertz CT molecular complexity index is 465. The van der Waals surface area contributed by atoms with E-state index in [4.69, 9.17) is 9.47 Å². The van der Waals surface area contributed by atoms with Gasteiger partial charge in [0.25, 0.3) is 0 Å². The molecule has 1 aromatic rings. The van der Waals surface area contributed by atoms with Crippen molar-refractivity contribution >= 4 is 11.9 Å². The highest BCUT2D eigenvalue weighted by Crippen LogP contribution is 2.31. The van der Waals surface area contributed by atoms with Crippen molar-refractivity contribution in [2.45, 2.75) is 5.79 Å². The lowest BCUT2D eigenvalue weighted by atomic mass is 10.1. The van der Waals surface area contributed by atoms with Crippen LogP contribution in [0.3, 0.4) is 0 Å². The third-order valence-corrected chi connectivity index (χ3v) is 2.29. The van der Waals surface area contributed by atoms with Crippen molar-refractivity contribution in [3.8, 4) is 0 Å². The number of esters is 2. The molecule has 0 amide bonds. The molecule has 1 heterocycles.